The van der Waals surface area contributed by atoms with Crippen LogP contribution >= 0.6 is 0 Å². The predicted octanol–water partition coefficient (Wildman–Crippen LogP) is 4.79. The van der Waals surface area contributed by atoms with E-state index in [9.17, 15) is 7.84 Å². The van der Waals surface area contributed by atoms with E-state index in [4.69, 9.17) is 0 Å². The van der Waals surface area contributed by atoms with E-state index in [0.29, 0.717) is 10.4 Å². The Kier molecular flexibility index (Phi) is 11.6. The number of hydrogen-bond donors (Lipinski definition) is 1. The molecule has 2 nitrogen and oxygen atoms in total. The van der Waals surface area contributed by atoms with Gasteiger partial charge in [-0.2, -0.15) is 0 Å². The van der Waals surface area contributed by atoms with E-state index in [1.807, 2.05) is 0 Å². The molecule has 0 saturated heterocycles. The minimum atomic E-state index is -3.41. The van der Waals surface area contributed by atoms with Crippen molar-refractivity contribution >= 4 is 13.8 Å². The molecule has 1 N–H and O–H groups in total. The van der Waals surface area contributed by atoms with E-state index in [2.05, 4.69) is 13.8 Å². The molecule has 104 valence electrons. The second-order valence-electron chi connectivity index (χ2n) is 5.12. The van der Waals surface area contributed by atoms with Crippen LogP contribution in [0.3, 0.4) is 0 Å². The Morgan fingerprint density at radius 3 is 1.41 bits per heavy atom. The van der Waals surface area contributed by atoms with Crippen LogP contribution in [0.1, 0.15) is 78.1 Å². The van der Waals surface area contributed by atoms with Crippen LogP contribution in [-0.4, -0.2) is 17.9 Å². The molecular formula is C14H31AsO2. The molecule has 17 heavy (non-hydrogen) atoms. The normalized spacial score (nSPS) is 11.9. The van der Waals surface area contributed by atoms with Gasteiger partial charge in [0.15, 0.2) is 0 Å². The number of hydrogen-bond acceptors (Lipinski definition) is 1. The SMILES string of the molecule is CCCCCCC[As](=O)(O)CCCCCCC. The summed E-state index contributed by atoms with van der Waals surface area (Å²) >= 11 is -3.41. The maximum atomic E-state index is 11.9. The second kappa shape index (κ2) is 11.4. The zero-order valence-corrected chi connectivity index (χ0v) is 13.7. The predicted molar refractivity (Wildman–Crippen MR) is 75.8 cm³/mol. The Morgan fingerprint density at radius 1 is 0.706 bits per heavy atom. The Bertz CT molecular complexity index is 186. The molecule has 0 aromatic heterocycles. The zero-order chi connectivity index (χ0) is 13.0. The van der Waals surface area contributed by atoms with Crippen molar-refractivity contribution in [1.29, 1.82) is 0 Å². The van der Waals surface area contributed by atoms with Crippen LogP contribution < -0.4 is 0 Å². The van der Waals surface area contributed by atoms with Gasteiger partial charge >= 0.3 is 110 Å². The van der Waals surface area contributed by atoms with Crippen LogP contribution in [0.5, 0.6) is 0 Å². The minimum absolute atomic E-state index is 0.607. The van der Waals surface area contributed by atoms with Gasteiger partial charge < -0.3 is 0 Å². The molecule has 0 spiro atoms. The van der Waals surface area contributed by atoms with Crippen molar-refractivity contribution in [3.63, 3.8) is 0 Å². The standard InChI is InChI=1S/C14H31AsO2/c1-3-5-7-9-11-13-15(16,17)14-12-10-8-6-4-2/h3-14H2,1-2H3,(H,16,17). The molecule has 0 aliphatic heterocycles. The molecule has 0 aromatic rings. The van der Waals surface area contributed by atoms with Crippen molar-refractivity contribution in [2.45, 2.75) is 88.5 Å². The Balaban J connectivity index is 3.42. The van der Waals surface area contributed by atoms with E-state index < -0.39 is 13.8 Å². The first-order chi connectivity index (χ1) is 8.12. The Labute approximate surface area is 110 Å². The third kappa shape index (κ3) is 12.6. The van der Waals surface area contributed by atoms with Gasteiger partial charge in [0.1, 0.15) is 0 Å². The van der Waals surface area contributed by atoms with Gasteiger partial charge in [-0.05, 0) is 0 Å². The fourth-order valence-corrected chi connectivity index (χ4v) is 5.52. The van der Waals surface area contributed by atoms with E-state index >= 15 is 0 Å². The summed E-state index contributed by atoms with van der Waals surface area (Å²) in [5.74, 6) is 0. The quantitative estimate of drug-likeness (QED) is 0.416. The molecule has 0 saturated carbocycles. The molecule has 0 fully saturated rings. The van der Waals surface area contributed by atoms with Crippen molar-refractivity contribution in [2.24, 2.45) is 0 Å². The van der Waals surface area contributed by atoms with Crippen LogP contribution in [0, 0.1) is 0 Å². The van der Waals surface area contributed by atoms with Gasteiger partial charge in [0.05, 0.1) is 0 Å². The summed E-state index contributed by atoms with van der Waals surface area (Å²) in [5, 5.41) is 1.21. The summed E-state index contributed by atoms with van der Waals surface area (Å²) < 4.78 is 21.7. The van der Waals surface area contributed by atoms with Gasteiger partial charge in [0.25, 0.3) is 0 Å². The molecule has 0 radical (unpaired) electrons. The van der Waals surface area contributed by atoms with Gasteiger partial charge in [-0.15, -0.1) is 0 Å². The average Bonchev–Trinajstić information content (AvgIpc) is 2.28. The van der Waals surface area contributed by atoms with Crippen molar-refractivity contribution in [3.8, 4) is 0 Å². The van der Waals surface area contributed by atoms with Crippen molar-refractivity contribution < 1.29 is 7.84 Å². The van der Waals surface area contributed by atoms with Gasteiger partial charge in [-0.3, -0.25) is 0 Å². The molecule has 0 amide bonds. The summed E-state index contributed by atoms with van der Waals surface area (Å²) in [6.45, 7) is 4.38. The summed E-state index contributed by atoms with van der Waals surface area (Å²) in [4.78, 5) is 0. The molecule has 0 aliphatic carbocycles. The monoisotopic (exact) mass is 306 g/mol. The Morgan fingerprint density at radius 2 is 1.06 bits per heavy atom. The summed E-state index contributed by atoms with van der Waals surface area (Å²) in [5.41, 5.74) is 0. The molecule has 0 aliphatic rings. The van der Waals surface area contributed by atoms with Gasteiger partial charge in [0.2, 0.25) is 0 Å². The zero-order valence-electron chi connectivity index (χ0n) is 11.8. The van der Waals surface area contributed by atoms with E-state index in [1.165, 1.54) is 38.5 Å². The summed E-state index contributed by atoms with van der Waals surface area (Å²) in [6.07, 6.45) is 11.6. The molecule has 0 aromatic carbocycles. The third-order valence-electron chi connectivity index (χ3n) is 3.22. The third-order valence-corrected chi connectivity index (χ3v) is 7.48. The molecule has 0 atom stereocenters. The van der Waals surface area contributed by atoms with Crippen LogP contribution in [-0.2, 0) is 3.74 Å². The topological polar surface area (TPSA) is 37.3 Å². The van der Waals surface area contributed by atoms with Crippen molar-refractivity contribution in [1.82, 2.24) is 0 Å². The molecule has 0 rings (SSSR count). The number of rotatable bonds is 12. The maximum absolute atomic E-state index is 11.9. The average molecular weight is 306 g/mol. The van der Waals surface area contributed by atoms with E-state index in [1.54, 1.807) is 0 Å². The van der Waals surface area contributed by atoms with Crippen molar-refractivity contribution in [2.75, 3.05) is 0 Å². The molecule has 0 bridgehead atoms. The van der Waals surface area contributed by atoms with Crippen LogP contribution in [0.2, 0.25) is 10.4 Å². The number of unbranched alkanes of at least 4 members (excludes halogenated alkanes) is 8. The van der Waals surface area contributed by atoms with Crippen LogP contribution in [0.4, 0.5) is 0 Å². The van der Waals surface area contributed by atoms with E-state index in [0.717, 1.165) is 25.7 Å². The van der Waals surface area contributed by atoms with Gasteiger partial charge in [-0.1, -0.05) is 0 Å². The molecule has 0 heterocycles. The van der Waals surface area contributed by atoms with Gasteiger partial charge in [0, 0.05) is 0 Å². The molecule has 0 unspecified atom stereocenters. The summed E-state index contributed by atoms with van der Waals surface area (Å²) in [7, 11) is 0. The fourth-order valence-electron chi connectivity index (χ4n) is 2.04. The first-order valence-electron chi connectivity index (χ1n) is 7.43. The molecular weight excluding hydrogens is 275 g/mol. The van der Waals surface area contributed by atoms with E-state index in [-0.39, 0.29) is 0 Å². The Hall–Kier alpha value is 0.318. The first-order valence-corrected chi connectivity index (χ1v) is 11.7. The van der Waals surface area contributed by atoms with Crippen LogP contribution in [0.15, 0.2) is 0 Å². The fraction of sp³-hybridized carbons (Fsp3) is 1.00. The van der Waals surface area contributed by atoms with Gasteiger partial charge in [-0.25, -0.2) is 0 Å². The molecule has 3 heteroatoms. The first kappa shape index (κ1) is 17.3. The summed E-state index contributed by atoms with van der Waals surface area (Å²) in [6, 6.07) is 0. The second-order valence-corrected chi connectivity index (χ2v) is 10.5. The van der Waals surface area contributed by atoms with Crippen molar-refractivity contribution in [3.05, 3.63) is 0 Å². The van der Waals surface area contributed by atoms with Crippen LogP contribution in [0.25, 0.3) is 0 Å².